The van der Waals surface area contributed by atoms with Crippen molar-refractivity contribution < 1.29 is 9.47 Å². The Hall–Kier alpha value is -2.20. The molecular weight excluding hydrogens is 264 g/mol. The molecule has 4 nitrogen and oxygen atoms in total. The topological polar surface area (TPSA) is 47.7 Å². The van der Waals surface area contributed by atoms with Crippen molar-refractivity contribution in [3.05, 3.63) is 54.1 Å². The monoisotopic (exact) mass is 284 g/mol. The number of rotatable bonds is 4. The van der Waals surface area contributed by atoms with Crippen LogP contribution in [0, 0.1) is 0 Å². The minimum Gasteiger partial charge on any atom is -0.492 e. The molecule has 0 unspecified atom stereocenters. The molecule has 1 heterocycles. The fourth-order valence-corrected chi connectivity index (χ4v) is 2.47. The van der Waals surface area contributed by atoms with Crippen molar-refractivity contribution in [2.75, 3.05) is 32.0 Å². The maximum absolute atomic E-state index is 5.87. The van der Waals surface area contributed by atoms with Gasteiger partial charge in [-0.3, -0.25) is 4.90 Å². The van der Waals surface area contributed by atoms with Crippen LogP contribution in [-0.2, 0) is 6.54 Å². The summed E-state index contributed by atoms with van der Waals surface area (Å²) in [6.07, 6.45) is 0. The summed E-state index contributed by atoms with van der Waals surface area (Å²) in [5.74, 6) is 1.75. The van der Waals surface area contributed by atoms with E-state index in [1.54, 1.807) is 0 Å². The first-order valence-corrected chi connectivity index (χ1v) is 7.23. The Kier molecular flexibility index (Phi) is 4.26. The number of ether oxygens (including phenoxy) is 2. The number of hydrogen-bond acceptors (Lipinski definition) is 4. The zero-order chi connectivity index (χ0) is 14.5. The molecule has 3 rings (SSSR count). The third kappa shape index (κ3) is 3.47. The van der Waals surface area contributed by atoms with E-state index in [4.69, 9.17) is 15.2 Å². The summed E-state index contributed by atoms with van der Waals surface area (Å²) in [6.45, 7) is 3.99. The molecule has 0 aliphatic carbocycles. The van der Waals surface area contributed by atoms with Crippen molar-refractivity contribution in [3.63, 3.8) is 0 Å². The van der Waals surface area contributed by atoms with Crippen LogP contribution < -0.4 is 15.2 Å². The summed E-state index contributed by atoms with van der Waals surface area (Å²) in [7, 11) is 0. The Labute approximate surface area is 125 Å². The number of fused-ring (bicyclic) bond motifs is 1. The molecule has 0 spiro atoms. The van der Waals surface area contributed by atoms with Crippen LogP contribution in [-0.4, -0.2) is 31.2 Å². The highest BCUT2D eigenvalue weighted by molar-refractivity contribution is 5.51. The molecule has 110 valence electrons. The Balaban J connectivity index is 1.55. The van der Waals surface area contributed by atoms with Crippen molar-refractivity contribution in [1.82, 2.24) is 4.90 Å². The van der Waals surface area contributed by atoms with Gasteiger partial charge in [-0.2, -0.15) is 0 Å². The third-order valence-corrected chi connectivity index (χ3v) is 3.62. The van der Waals surface area contributed by atoms with Crippen LogP contribution in [0.25, 0.3) is 0 Å². The van der Waals surface area contributed by atoms with Crippen molar-refractivity contribution >= 4 is 5.69 Å². The maximum Gasteiger partial charge on any atom is 0.142 e. The molecule has 1 aliphatic rings. The summed E-state index contributed by atoms with van der Waals surface area (Å²) in [4.78, 5) is 2.34. The number of nitrogens with zero attached hydrogens (tertiary/aromatic N) is 1. The molecule has 1 aliphatic heterocycles. The molecule has 0 bridgehead atoms. The highest BCUT2D eigenvalue weighted by Crippen LogP contribution is 2.23. The number of nitrogens with two attached hydrogens (primary N) is 1. The van der Waals surface area contributed by atoms with Gasteiger partial charge >= 0.3 is 0 Å². The molecule has 0 atom stereocenters. The highest BCUT2D eigenvalue weighted by Gasteiger charge is 2.14. The van der Waals surface area contributed by atoms with E-state index in [1.807, 2.05) is 42.5 Å². The molecule has 2 aromatic rings. The summed E-state index contributed by atoms with van der Waals surface area (Å²) in [6, 6.07) is 15.8. The average Bonchev–Trinajstić information content (AvgIpc) is 2.71. The molecule has 0 amide bonds. The van der Waals surface area contributed by atoms with E-state index in [0.29, 0.717) is 18.9 Å². The van der Waals surface area contributed by atoms with Crippen LogP contribution in [0.4, 0.5) is 5.69 Å². The van der Waals surface area contributed by atoms with Crippen molar-refractivity contribution in [1.29, 1.82) is 0 Å². The quantitative estimate of drug-likeness (QED) is 0.877. The second kappa shape index (κ2) is 6.50. The number of benzene rings is 2. The molecular formula is C17H20N2O2. The lowest BCUT2D eigenvalue weighted by Gasteiger charge is -2.19. The van der Waals surface area contributed by atoms with Gasteiger partial charge in [0, 0.05) is 25.2 Å². The molecule has 0 fully saturated rings. The number of para-hydroxylation sites is 3. The summed E-state index contributed by atoms with van der Waals surface area (Å²) in [5.41, 5.74) is 7.78. The van der Waals surface area contributed by atoms with Crippen LogP contribution in [0.15, 0.2) is 48.5 Å². The van der Waals surface area contributed by atoms with Crippen LogP contribution in [0.1, 0.15) is 5.56 Å². The van der Waals surface area contributed by atoms with Gasteiger partial charge in [0.1, 0.15) is 24.7 Å². The second-order valence-corrected chi connectivity index (χ2v) is 5.12. The third-order valence-electron chi connectivity index (χ3n) is 3.62. The largest absolute Gasteiger partial charge is 0.492 e. The van der Waals surface area contributed by atoms with Crippen LogP contribution in [0.5, 0.6) is 11.5 Å². The fourth-order valence-electron chi connectivity index (χ4n) is 2.47. The van der Waals surface area contributed by atoms with E-state index in [1.165, 1.54) is 5.56 Å². The van der Waals surface area contributed by atoms with Gasteiger partial charge in [-0.15, -0.1) is 0 Å². The fraction of sp³-hybridized carbons (Fsp3) is 0.294. The van der Waals surface area contributed by atoms with Gasteiger partial charge in [-0.05, 0) is 18.2 Å². The molecule has 21 heavy (non-hydrogen) atoms. The van der Waals surface area contributed by atoms with Gasteiger partial charge in [0.05, 0.1) is 5.69 Å². The van der Waals surface area contributed by atoms with Crippen LogP contribution >= 0.6 is 0 Å². The first kappa shape index (κ1) is 13.8. The van der Waals surface area contributed by atoms with Gasteiger partial charge in [0.2, 0.25) is 0 Å². The Morgan fingerprint density at radius 1 is 1.10 bits per heavy atom. The van der Waals surface area contributed by atoms with Crippen LogP contribution in [0.3, 0.4) is 0 Å². The minimum atomic E-state index is 0.621. The normalized spacial score (nSPS) is 14.9. The summed E-state index contributed by atoms with van der Waals surface area (Å²) in [5, 5.41) is 0. The highest BCUT2D eigenvalue weighted by atomic mass is 16.5. The first-order chi connectivity index (χ1) is 10.3. The van der Waals surface area contributed by atoms with E-state index in [-0.39, 0.29) is 0 Å². The van der Waals surface area contributed by atoms with Gasteiger partial charge in [0.25, 0.3) is 0 Å². The average molecular weight is 284 g/mol. The molecule has 0 aromatic heterocycles. The molecule has 0 radical (unpaired) electrons. The SMILES string of the molecule is Nc1ccccc1OCCN1CCOc2ccccc2C1. The number of nitrogen functional groups attached to an aromatic ring is 1. The Bertz CT molecular complexity index is 601. The number of anilines is 1. The molecule has 0 saturated carbocycles. The second-order valence-electron chi connectivity index (χ2n) is 5.12. The van der Waals surface area contributed by atoms with Gasteiger partial charge in [0.15, 0.2) is 0 Å². The van der Waals surface area contributed by atoms with E-state index in [9.17, 15) is 0 Å². The zero-order valence-electron chi connectivity index (χ0n) is 12.0. The zero-order valence-corrected chi connectivity index (χ0v) is 12.0. The van der Waals surface area contributed by atoms with Gasteiger partial charge in [-0.25, -0.2) is 0 Å². The minimum absolute atomic E-state index is 0.621. The lowest BCUT2D eigenvalue weighted by Crippen LogP contribution is -2.30. The predicted octanol–water partition coefficient (Wildman–Crippen LogP) is 2.54. The molecule has 4 heteroatoms. The van der Waals surface area contributed by atoms with Gasteiger partial charge in [-0.1, -0.05) is 30.3 Å². The number of hydrogen-bond donors (Lipinski definition) is 1. The van der Waals surface area contributed by atoms with Gasteiger partial charge < -0.3 is 15.2 Å². The summed E-state index contributed by atoms with van der Waals surface area (Å²) >= 11 is 0. The lowest BCUT2D eigenvalue weighted by molar-refractivity contribution is 0.187. The Morgan fingerprint density at radius 2 is 1.90 bits per heavy atom. The van der Waals surface area contributed by atoms with Crippen LogP contribution in [0.2, 0.25) is 0 Å². The van der Waals surface area contributed by atoms with Crippen molar-refractivity contribution in [2.24, 2.45) is 0 Å². The first-order valence-electron chi connectivity index (χ1n) is 7.23. The van der Waals surface area contributed by atoms with Crippen molar-refractivity contribution in [2.45, 2.75) is 6.54 Å². The predicted molar refractivity (Wildman–Crippen MR) is 83.6 cm³/mol. The van der Waals surface area contributed by atoms with E-state index in [0.717, 1.165) is 31.1 Å². The smallest absolute Gasteiger partial charge is 0.142 e. The molecule has 2 N–H and O–H groups in total. The van der Waals surface area contributed by atoms with E-state index in [2.05, 4.69) is 11.0 Å². The van der Waals surface area contributed by atoms with E-state index >= 15 is 0 Å². The van der Waals surface area contributed by atoms with Crippen molar-refractivity contribution in [3.8, 4) is 11.5 Å². The maximum atomic E-state index is 5.87. The summed E-state index contributed by atoms with van der Waals surface area (Å²) < 4.78 is 11.5. The Morgan fingerprint density at radius 3 is 2.81 bits per heavy atom. The molecule has 2 aromatic carbocycles. The molecule has 0 saturated heterocycles. The van der Waals surface area contributed by atoms with E-state index < -0.39 is 0 Å². The lowest BCUT2D eigenvalue weighted by atomic mass is 10.2. The standard InChI is InChI=1S/C17H20N2O2/c18-15-6-2-4-8-17(15)21-12-10-19-9-11-20-16-7-3-1-5-14(16)13-19/h1-8H,9-13,18H2.